The second-order valence-electron chi connectivity index (χ2n) is 5.81. The van der Waals surface area contributed by atoms with Gasteiger partial charge in [0.15, 0.2) is 0 Å². The van der Waals surface area contributed by atoms with Crippen molar-refractivity contribution in [3.05, 3.63) is 65.5 Å². The quantitative estimate of drug-likeness (QED) is 0.679. The molecule has 2 aromatic carbocycles. The van der Waals surface area contributed by atoms with Crippen LogP contribution in [0.5, 0.6) is 0 Å². The summed E-state index contributed by atoms with van der Waals surface area (Å²) in [6.07, 6.45) is 2.01. The highest BCUT2D eigenvalue weighted by molar-refractivity contribution is 7.98. The van der Waals surface area contributed by atoms with Crippen LogP contribution < -0.4 is 0 Å². The standard InChI is InChI=1S/C21H15N3O2S/c1-24-17(12-23)16(11-22)19(20(24)21(25)26)14-9-7-13(8-10-14)15-5-3-4-6-18(15)27-2/h3-10H,1-2H3,(H,25,26). The molecule has 3 rings (SSSR count). The zero-order valence-electron chi connectivity index (χ0n) is 14.7. The maximum absolute atomic E-state index is 11.7. The summed E-state index contributed by atoms with van der Waals surface area (Å²) in [6, 6.07) is 19.3. The first-order valence-corrected chi connectivity index (χ1v) is 9.26. The molecular formula is C21H15N3O2S. The number of aromatic carboxylic acids is 1. The predicted molar refractivity (Wildman–Crippen MR) is 104 cm³/mol. The first kappa shape index (κ1) is 18.3. The van der Waals surface area contributed by atoms with Gasteiger partial charge in [-0.2, -0.15) is 10.5 Å². The second-order valence-corrected chi connectivity index (χ2v) is 6.66. The van der Waals surface area contributed by atoms with E-state index in [0.29, 0.717) is 5.56 Å². The van der Waals surface area contributed by atoms with Crippen LogP contribution in [0.2, 0.25) is 0 Å². The van der Waals surface area contributed by atoms with Crippen molar-refractivity contribution in [1.29, 1.82) is 10.5 Å². The number of nitriles is 2. The van der Waals surface area contributed by atoms with Crippen LogP contribution in [0.3, 0.4) is 0 Å². The monoisotopic (exact) mass is 373 g/mol. The summed E-state index contributed by atoms with van der Waals surface area (Å²) in [6.45, 7) is 0. The minimum atomic E-state index is -1.18. The SMILES string of the molecule is CSc1ccccc1-c1ccc(-c2c(C#N)c(C#N)n(C)c2C(=O)O)cc1. The maximum Gasteiger partial charge on any atom is 0.353 e. The number of nitrogens with zero attached hydrogens (tertiary/aromatic N) is 3. The van der Waals surface area contributed by atoms with E-state index >= 15 is 0 Å². The Morgan fingerprint density at radius 2 is 1.67 bits per heavy atom. The third kappa shape index (κ3) is 3.08. The molecular weight excluding hydrogens is 358 g/mol. The number of hydrogen-bond donors (Lipinski definition) is 1. The van der Waals surface area contributed by atoms with Crippen LogP contribution in [0.15, 0.2) is 53.4 Å². The van der Waals surface area contributed by atoms with Gasteiger partial charge in [0.25, 0.3) is 0 Å². The van der Waals surface area contributed by atoms with Crippen molar-refractivity contribution in [3.63, 3.8) is 0 Å². The second kappa shape index (κ2) is 7.41. The van der Waals surface area contributed by atoms with Gasteiger partial charge < -0.3 is 9.67 Å². The number of hydrogen-bond acceptors (Lipinski definition) is 4. The summed E-state index contributed by atoms with van der Waals surface area (Å²) < 4.78 is 1.26. The van der Waals surface area contributed by atoms with Crippen LogP contribution in [-0.4, -0.2) is 21.9 Å². The van der Waals surface area contributed by atoms with E-state index in [2.05, 4.69) is 0 Å². The molecule has 0 atom stereocenters. The van der Waals surface area contributed by atoms with Crippen LogP contribution in [-0.2, 0) is 7.05 Å². The van der Waals surface area contributed by atoms with Gasteiger partial charge >= 0.3 is 5.97 Å². The van der Waals surface area contributed by atoms with Gasteiger partial charge in [0.1, 0.15) is 23.5 Å². The first-order valence-electron chi connectivity index (χ1n) is 8.03. The molecule has 0 unspecified atom stereocenters. The fourth-order valence-electron chi connectivity index (χ4n) is 3.15. The summed E-state index contributed by atoms with van der Waals surface area (Å²) in [5.41, 5.74) is 2.99. The van der Waals surface area contributed by atoms with Gasteiger partial charge in [-0.05, 0) is 29.0 Å². The van der Waals surface area contributed by atoms with Crippen molar-refractivity contribution < 1.29 is 9.90 Å². The van der Waals surface area contributed by atoms with Crippen molar-refractivity contribution in [2.45, 2.75) is 4.90 Å². The average Bonchev–Trinajstić information content (AvgIpc) is 2.99. The highest BCUT2D eigenvalue weighted by Crippen LogP contribution is 2.35. The van der Waals surface area contributed by atoms with E-state index in [0.717, 1.165) is 16.0 Å². The molecule has 1 aromatic heterocycles. The van der Waals surface area contributed by atoms with Crippen molar-refractivity contribution in [1.82, 2.24) is 4.57 Å². The Hall–Kier alpha value is -3.48. The zero-order valence-corrected chi connectivity index (χ0v) is 15.5. The molecule has 0 amide bonds. The summed E-state index contributed by atoms with van der Waals surface area (Å²) in [5.74, 6) is -1.18. The van der Waals surface area contributed by atoms with E-state index in [9.17, 15) is 20.4 Å². The molecule has 6 heteroatoms. The Balaban J connectivity index is 2.18. The molecule has 0 fully saturated rings. The Labute approximate surface area is 161 Å². The number of carboxylic acids is 1. The molecule has 27 heavy (non-hydrogen) atoms. The van der Waals surface area contributed by atoms with Gasteiger partial charge in [-0.15, -0.1) is 11.8 Å². The Bertz CT molecular complexity index is 1120. The molecule has 0 saturated carbocycles. The van der Waals surface area contributed by atoms with Gasteiger partial charge in [-0.3, -0.25) is 0 Å². The van der Waals surface area contributed by atoms with E-state index < -0.39 is 5.97 Å². The number of carboxylic acid groups (broad SMARTS) is 1. The predicted octanol–water partition coefficient (Wildman–Crippen LogP) is 4.52. The lowest BCUT2D eigenvalue weighted by Crippen LogP contribution is -2.07. The minimum absolute atomic E-state index is 0.0432. The number of rotatable bonds is 4. The maximum atomic E-state index is 11.7. The van der Waals surface area contributed by atoms with Gasteiger partial charge in [0.05, 0.1) is 5.56 Å². The minimum Gasteiger partial charge on any atom is -0.477 e. The van der Waals surface area contributed by atoms with E-state index in [1.54, 1.807) is 23.9 Å². The Kier molecular flexibility index (Phi) is 5.03. The van der Waals surface area contributed by atoms with Crippen molar-refractivity contribution in [3.8, 4) is 34.4 Å². The van der Waals surface area contributed by atoms with Gasteiger partial charge in [0.2, 0.25) is 0 Å². The molecule has 0 aliphatic carbocycles. The molecule has 0 radical (unpaired) electrons. The summed E-state index contributed by atoms with van der Waals surface area (Å²) in [4.78, 5) is 12.9. The van der Waals surface area contributed by atoms with Crippen LogP contribution >= 0.6 is 11.8 Å². The normalized spacial score (nSPS) is 10.2. The van der Waals surface area contributed by atoms with E-state index in [1.807, 2.05) is 54.8 Å². The van der Waals surface area contributed by atoms with Gasteiger partial charge in [-0.1, -0.05) is 42.5 Å². The zero-order chi connectivity index (χ0) is 19.6. The summed E-state index contributed by atoms with van der Waals surface area (Å²) >= 11 is 1.65. The molecule has 132 valence electrons. The smallest absolute Gasteiger partial charge is 0.353 e. The summed E-state index contributed by atoms with van der Waals surface area (Å²) in [5, 5.41) is 28.4. The molecule has 0 spiro atoms. The third-order valence-corrected chi connectivity index (χ3v) is 5.20. The molecule has 0 saturated heterocycles. The van der Waals surface area contributed by atoms with Crippen molar-refractivity contribution in [2.24, 2.45) is 7.05 Å². The Morgan fingerprint density at radius 3 is 2.22 bits per heavy atom. The highest BCUT2D eigenvalue weighted by Gasteiger charge is 2.26. The largest absolute Gasteiger partial charge is 0.477 e. The fourth-order valence-corrected chi connectivity index (χ4v) is 3.78. The molecule has 1 heterocycles. The molecule has 5 nitrogen and oxygen atoms in total. The van der Waals surface area contributed by atoms with Crippen LogP contribution in [0.25, 0.3) is 22.3 Å². The van der Waals surface area contributed by atoms with E-state index in [4.69, 9.17) is 0 Å². The summed E-state index contributed by atoms with van der Waals surface area (Å²) in [7, 11) is 1.48. The molecule has 0 bridgehead atoms. The van der Waals surface area contributed by atoms with Crippen LogP contribution in [0.4, 0.5) is 0 Å². The first-order chi connectivity index (χ1) is 13.0. The van der Waals surface area contributed by atoms with Crippen molar-refractivity contribution in [2.75, 3.05) is 6.26 Å². The molecule has 1 N–H and O–H groups in total. The average molecular weight is 373 g/mol. The fraction of sp³-hybridized carbons (Fsp3) is 0.0952. The lowest BCUT2D eigenvalue weighted by molar-refractivity contribution is 0.0687. The van der Waals surface area contributed by atoms with Crippen LogP contribution in [0.1, 0.15) is 21.7 Å². The number of benzene rings is 2. The van der Waals surface area contributed by atoms with Crippen molar-refractivity contribution >= 4 is 17.7 Å². The van der Waals surface area contributed by atoms with E-state index in [-0.39, 0.29) is 22.5 Å². The lowest BCUT2D eigenvalue weighted by Gasteiger charge is -2.09. The van der Waals surface area contributed by atoms with Gasteiger partial charge in [0, 0.05) is 17.5 Å². The topological polar surface area (TPSA) is 89.8 Å². The van der Waals surface area contributed by atoms with Crippen LogP contribution in [0, 0.1) is 22.7 Å². The van der Waals surface area contributed by atoms with Gasteiger partial charge in [-0.25, -0.2) is 4.79 Å². The molecule has 0 aliphatic rings. The Morgan fingerprint density at radius 1 is 1.04 bits per heavy atom. The lowest BCUT2D eigenvalue weighted by atomic mass is 9.97. The van der Waals surface area contributed by atoms with E-state index in [1.165, 1.54) is 11.6 Å². The number of aromatic nitrogens is 1. The highest BCUT2D eigenvalue weighted by atomic mass is 32.2. The molecule has 0 aliphatic heterocycles. The number of thioether (sulfide) groups is 1. The third-order valence-electron chi connectivity index (χ3n) is 4.41. The molecule has 3 aromatic rings. The number of carbonyl (C=O) groups is 1.